The molecular formula is C21H38N4O5. The smallest absolute Gasteiger partial charge is 0.245 e. The lowest BCUT2D eigenvalue weighted by molar-refractivity contribution is -0.148. The molecular weight excluding hydrogens is 388 g/mol. The lowest BCUT2D eigenvalue weighted by atomic mass is 9.93. The summed E-state index contributed by atoms with van der Waals surface area (Å²) in [4.78, 5) is 63.0. The van der Waals surface area contributed by atoms with Gasteiger partial charge in [0.1, 0.15) is 12.3 Å². The molecule has 0 aromatic rings. The highest BCUT2D eigenvalue weighted by atomic mass is 16.2. The summed E-state index contributed by atoms with van der Waals surface area (Å²) in [7, 11) is 2.96. The number of aldehydes is 2. The molecule has 3 amide bonds. The second-order valence-corrected chi connectivity index (χ2v) is 8.50. The normalized spacial score (nSPS) is 15.1. The van der Waals surface area contributed by atoms with Crippen molar-refractivity contribution in [2.75, 3.05) is 20.6 Å². The van der Waals surface area contributed by atoms with Crippen molar-refractivity contribution < 1.29 is 24.0 Å². The summed E-state index contributed by atoms with van der Waals surface area (Å²) < 4.78 is 0. The Morgan fingerprint density at radius 3 is 2.00 bits per heavy atom. The molecule has 172 valence electrons. The molecule has 0 aliphatic carbocycles. The van der Waals surface area contributed by atoms with Crippen LogP contribution in [-0.4, -0.2) is 78.5 Å². The molecule has 0 aromatic heterocycles. The summed E-state index contributed by atoms with van der Waals surface area (Å²) in [6, 6.07) is -1.34. The minimum atomic E-state index is -1.38. The van der Waals surface area contributed by atoms with E-state index in [1.165, 1.54) is 30.8 Å². The highest BCUT2D eigenvalue weighted by molar-refractivity contribution is 5.91. The van der Waals surface area contributed by atoms with E-state index in [2.05, 4.69) is 10.6 Å². The first-order valence-corrected chi connectivity index (χ1v) is 10.3. The molecule has 0 aliphatic heterocycles. The third-order valence-electron chi connectivity index (χ3n) is 5.00. The zero-order valence-corrected chi connectivity index (χ0v) is 19.5. The lowest BCUT2D eigenvalue weighted by Gasteiger charge is -2.42. The molecule has 0 aromatic carbocycles. The van der Waals surface area contributed by atoms with Crippen molar-refractivity contribution in [1.29, 1.82) is 0 Å². The topological polar surface area (TPSA) is 116 Å². The van der Waals surface area contributed by atoms with Gasteiger partial charge in [0.2, 0.25) is 17.7 Å². The van der Waals surface area contributed by atoms with E-state index < -0.39 is 29.6 Å². The van der Waals surface area contributed by atoms with Crippen LogP contribution in [0.2, 0.25) is 0 Å². The maximum atomic E-state index is 13.0. The van der Waals surface area contributed by atoms with E-state index >= 15 is 0 Å². The van der Waals surface area contributed by atoms with E-state index in [-0.39, 0.29) is 24.3 Å². The molecule has 0 aliphatic rings. The number of likely N-dealkylation sites (N-methyl/N-ethyl adjacent to an activating group) is 2. The maximum Gasteiger partial charge on any atom is 0.245 e. The molecule has 9 heteroatoms. The van der Waals surface area contributed by atoms with Crippen molar-refractivity contribution in [3.63, 3.8) is 0 Å². The van der Waals surface area contributed by atoms with Gasteiger partial charge in [0.05, 0.1) is 12.6 Å². The van der Waals surface area contributed by atoms with Gasteiger partial charge in [-0.1, -0.05) is 34.6 Å². The van der Waals surface area contributed by atoms with Gasteiger partial charge in [-0.2, -0.15) is 0 Å². The second kappa shape index (κ2) is 12.4. The summed E-state index contributed by atoms with van der Waals surface area (Å²) in [5, 5.41) is 5.61. The molecule has 3 atom stereocenters. The van der Waals surface area contributed by atoms with Gasteiger partial charge >= 0.3 is 0 Å². The standard InChI is InChI=1S/C21H38N4O5/c1-9-17(22-16(6)28)20(30)24(7)11-19(29)25(8)21(13-27,10-14(2)3)23-18(12-26)15(4)5/h12-15,17-18,23H,9-11H2,1-8H3,(H,22,28)/t17-,18-,21?/m1/s1. The first-order valence-electron chi connectivity index (χ1n) is 10.3. The van der Waals surface area contributed by atoms with E-state index in [0.717, 1.165) is 6.29 Å². The van der Waals surface area contributed by atoms with Crippen molar-refractivity contribution in [3.05, 3.63) is 0 Å². The van der Waals surface area contributed by atoms with Gasteiger partial charge in [-0.05, 0) is 24.7 Å². The number of carbonyl (C=O) groups excluding carboxylic acids is 5. The van der Waals surface area contributed by atoms with Gasteiger partial charge in [-0.15, -0.1) is 0 Å². The van der Waals surface area contributed by atoms with Gasteiger partial charge in [0.25, 0.3) is 0 Å². The van der Waals surface area contributed by atoms with E-state index in [9.17, 15) is 24.0 Å². The van der Waals surface area contributed by atoms with Crippen LogP contribution in [0.25, 0.3) is 0 Å². The van der Waals surface area contributed by atoms with Crippen LogP contribution in [0, 0.1) is 11.8 Å². The maximum absolute atomic E-state index is 13.0. The molecule has 0 saturated carbocycles. The average Bonchev–Trinajstić information content (AvgIpc) is 2.67. The molecule has 0 radical (unpaired) electrons. The molecule has 9 nitrogen and oxygen atoms in total. The zero-order chi connectivity index (χ0) is 23.6. The van der Waals surface area contributed by atoms with E-state index in [0.29, 0.717) is 19.1 Å². The van der Waals surface area contributed by atoms with Crippen LogP contribution in [0.3, 0.4) is 0 Å². The SMILES string of the molecule is CC[C@@H](NC(C)=O)C(=O)N(C)CC(=O)N(C)C(C=O)(CC(C)C)N[C@H](C=O)C(C)C. The third-order valence-corrected chi connectivity index (χ3v) is 5.00. The minimum absolute atomic E-state index is 0.0565. The largest absolute Gasteiger partial charge is 0.345 e. The highest BCUT2D eigenvalue weighted by Gasteiger charge is 2.40. The molecule has 0 rings (SSSR count). The third kappa shape index (κ3) is 7.85. The van der Waals surface area contributed by atoms with Crippen LogP contribution >= 0.6 is 0 Å². The van der Waals surface area contributed by atoms with Gasteiger partial charge < -0.3 is 19.9 Å². The molecule has 2 N–H and O–H groups in total. The van der Waals surface area contributed by atoms with Gasteiger partial charge in [-0.25, -0.2) is 0 Å². The van der Waals surface area contributed by atoms with Crippen LogP contribution in [0.1, 0.15) is 54.4 Å². The minimum Gasteiger partial charge on any atom is -0.345 e. The molecule has 0 saturated heterocycles. The Hall–Kier alpha value is -2.29. The Morgan fingerprint density at radius 2 is 1.63 bits per heavy atom. The number of amides is 3. The number of carbonyl (C=O) groups is 5. The van der Waals surface area contributed by atoms with Crippen molar-refractivity contribution in [2.45, 2.75) is 72.1 Å². The Balaban J connectivity index is 5.62. The van der Waals surface area contributed by atoms with Gasteiger partial charge in [0.15, 0.2) is 11.9 Å². The Bertz CT molecular complexity index is 623. The van der Waals surface area contributed by atoms with Gasteiger partial charge in [-0.3, -0.25) is 24.5 Å². The molecule has 0 bridgehead atoms. The molecule has 1 unspecified atom stereocenters. The molecule has 0 heterocycles. The fourth-order valence-electron chi connectivity index (χ4n) is 3.18. The number of nitrogens with zero attached hydrogens (tertiary/aromatic N) is 2. The summed E-state index contributed by atoms with van der Waals surface area (Å²) in [6.07, 6.45) is 2.07. The zero-order valence-electron chi connectivity index (χ0n) is 19.5. The van der Waals surface area contributed by atoms with Crippen molar-refractivity contribution in [1.82, 2.24) is 20.4 Å². The fraction of sp³-hybridized carbons (Fsp3) is 0.762. The van der Waals surface area contributed by atoms with Crippen molar-refractivity contribution in [3.8, 4) is 0 Å². The van der Waals surface area contributed by atoms with Crippen molar-refractivity contribution >= 4 is 30.3 Å². The van der Waals surface area contributed by atoms with Crippen LogP contribution in [0.4, 0.5) is 0 Å². The molecule has 30 heavy (non-hydrogen) atoms. The van der Waals surface area contributed by atoms with Crippen molar-refractivity contribution in [2.24, 2.45) is 11.8 Å². The monoisotopic (exact) mass is 426 g/mol. The number of hydrogen-bond acceptors (Lipinski definition) is 6. The number of hydrogen-bond donors (Lipinski definition) is 2. The Labute approximate surface area is 179 Å². The van der Waals surface area contributed by atoms with Crippen LogP contribution < -0.4 is 10.6 Å². The van der Waals surface area contributed by atoms with E-state index in [4.69, 9.17) is 0 Å². The van der Waals surface area contributed by atoms with Crippen LogP contribution in [0.15, 0.2) is 0 Å². The van der Waals surface area contributed by atoms with Crippen LogP contribution in [0.5, 0.6) is 0 Å². The first kappa shape index (κ1) is 27.7. The first-order chi connectivity index (χ1) is 13.8. The summed E-state index contributed by atoms with van der Waals surface area (Å²) >= 11 is 0. The van der Waals surface area contributed by atoms with E-state index in [1.54, 1.807) is 6.92 Å². The Morgan fingerprint density at radius 1 is 1.07 bits per heavy atom. The predicted octanol–water partition coefficient (Wildman–Crippen LogP) is 0.572. The second-order valence-electron chi connectivity index (χ2n) is 8.50. The summed E-state index contributed by atoms with van der Waals surface area (Å²) in [5.74, 6) is -1.21. The molecule has 0 spiro atoms. The quantitative estimate of drug-likeness (QED) is 0.329. The average molecular weight is 427 g/mol. The fourth-order valence-corrected chi connectivity index (χ4v) is 3.18. The predicted molar refractivity (Wildman–Crippen MR) is 114 cm³/mol. The highest BCUT2D eigenvalue weighted by Crippen LogP contribution is 2.21. The summed E-state index contributed by atoms with van der Waals surface area (Å²) in [6.45, 7) is 10.3. The van der Waals surface area contributed by atoms with Gasteiger partial charge in [0, 0.05) is 21.0 Å². The Kier molecular flexibility index (Phi) is 11.5. The number of nitrogens with one attached hydrogen (secondary N) is 2. The number of rotatable bonds is 13. The van der Waals surface area contributed by atoms with E-state index in [1.807, 2.05) is 27.7 Å². The van der Waals surface area contributed by atoms with Crippen LogP contribution in [-0.2, 0) is 24.0 Å². The lowest BCUT2D eigenvalue weighted by Crippen LogP contribution is -2.66. The summed E-state index contributed by atoms with van der Waals surface area (Å²) in [5.41, 5.74) is -1.38. The molecule has 0 fully saturated rings.